The van der Waals surface area contributed by atoms with E-state index in [0.717, 1.165) is 11.8 Å². The fourth-order valence-electron chi connectivity index (χ4n) is 2.92. The SMILES string of the molecule is CN(C(=O)CN1C(=O)/C(=C/c2cccc(F)c2)SC1=S)[C@H]1CCS(=O)(=O)C1. The molecule has 0 saturated carbocycles. The van der Waals surface area contributed by atoms with Gasteiger partial charge in [-0.25, -0.2) is 12.8 Å². The number of carbonyl (C=O) groups is 2. The second-order valence-electron chi connectivity index (χ2n) is 6.38. The van der Waals surface area contributed by atoms with Crippen LogP contribution in [0.4, 0.5) is 4.39 Å². The van der Waals surface area contributed by atoms with Crippen LogP contribution >= 0.6 is 24.0 Å². The quantitative estimate of drug-likeness (QED) is 0.537. The lowest BCUT2D eigenvalue weighted by atomic mass is 10.2. The molecule has 0 unspecified atom stereocenters. The molecule has 1 atom stereocenters. The lowest BCUT2D eigenvalue weighted by Crippen LogP contribution is -2.45. The van der Waals surface area contributed by atoms with E-state index in [4.69, 9.17) is 12.2 Å². The van der Waals surface area contributed by atoms with Gasteiger partial charge >= 0.3 is 0 Å². The van der Waals surface area contributed by atoms with E-state index in [9.17, 15) is 22.4 Å². The van der Waals surface area contributed by atoms with E-state index in [1.54, 1.807) is 6.07 Å². The summed E-state index contributed by atoms with van der Waals surface area (Å²) in [5.74, 6) is -1.21. The van der Waals surface area contributed by atoms with Crippen molar-refractivity contribution in [3.05, 3.63) is 40.6 Å². The summed E-state index contributed by atoms with van der Waals surface area (Å²) < 4.78 is 36.7. The lowest BCUT2D eigenvalue weighted by molar-refractivity contribution is -0.135. The molecule has 0 radical (unpaired) electrons. The first-order valence-corrected chi connectivity index (χ1v) is 11.2. The van der Waals surface area contributed by atoms with Gasteiger partial charge in [0.15, 0.2) is 9.84 Å². The summed E-state index contributed by atoms with van der Waals surface area (Å²) in [5.41, 5.74) is 0.523. The zero-order valence-corrected chi connectivity index (χ0v) is 16.9. The molecule has 0 N–H and O–H groups in total. The van der Waals surface area contributed by atoms with Crippen molar-refractivity contribution < 1.29 is 22.4 Å². The first kappa shape index (κ1) is 20.0. The van der Waals surface area contributed by atoms with E-state index < -0.39 is 21.6 Å². The van der Waals surface area contributed by atoms with Crippen molar-refractivity contribution in [3.63, 3.8) is 0 Å². The minimum atomic E-state index is -3.11. The molecule has 3 rings (SSSR count). The van der Waals surface area contributed by atoms with E-state index >= 15 is 0 Å². The highest BCUT2D eigenvalue weighted by molar-refractivity contribution is 8.26. The lowest BCUT2D eigenvalue weighted by Gasteiger charge is -2.25. The fraction of sp³-hybridized carbons (Fsp3) is 0.353. The van der Waals surface area contributed by atoms with Crippen molar-refractivity contribution in [1.29, 1.82) is 0 Å². The van der Waals surface area contributed by atoms with E-state index in [-0.39, 0.29) is 34.3 Å². The monoisotopic (exact) mass is 428 g/mol. The first-order chi connectivity index (χ1) is 12.7. The average Bonchev–Trinajstić information content (AvgIpc) is 3.08. The fourth-order valence-corrected chi connectivity index (χ4v) is 5.94. The van der Waals surface area contributed by atoms with Crippen molar-refractivity contribution >= 4 is 56.0 Å². The maximum Gasteiger partial charge on any atom is 0.266 e. The topological polar surface area (TPSA) is 74.8 Å². The number of hydrogen-bond acceptors (Lipinski definition) is 6. The maximum atomic E-state index is 13.3. The number of thioether (sulfide) groups is 1. The van der Waals surface area contributed by atoms with E-state index in [1.807, 2.05) is 0 Å². The van der Waals surface area contributed by atoms with Crippen LogP contribution in [-0.2, 0) is 19.4 Å². The highest BCUT2D eigenvalue weighted by Gasteiger charge is 2.37. The highest BCUT2D eigenvalue weighted by Crippen LogP contribution is 2.32. The molecule has 2 amide bonds. The van der Waals surface area contributed by atoms with Crippen molar-refractivity contribution in [2.24, 2.45) is 0 Å². The van der Waals surface area contributed by atoms with Crippen LogP contribution in [0, 0.1) is 5.82 Å². The number of nitrogens with zero attached hydrogens (tertiary/aromatic N) is 2. The van der Waals surface area contributed by atoms with Gasteiger partial charge in [-0.3, -0.25) is 14.5 Å². The predicted octanol–water partition coefficient (Wildman–Crippen LogP) is 1.67. The first-order valence-electron chi connectivity index (χ1n) is 8.13. The van der Waals surface area contributed by atoms with E-state index in [1.165, 1.54) is 41.1 Å². The zero-order chi connectivity index (χ0) is 19.8. The Kier molecular flexibility index (Phi) is 5.68. The number of sulfone groups is 1. The molecule has 2 aliphatic heterocycles. The van der Waals surface area contributed by atoms with Crippen LogP contribution in [0.1, 0.15) is 12.0 Å². The normalized spacial score (nSPS) is 23.3. The number of halogens is 1. The molecule has 0 aromatic heterocycles. The third-order valence-electron chi connectivity index (χ3n) is 4.46. The molecule has 0 aliphatic carbocycles. The molecular formula is C17H17FN2O4S3. The summed E-state index contributed by atoms with van der Waals surface area (Å²) in [6, 6.07) is 5.42. The molecule has 27 heavy (non-hydrogen) atoms. The van der Waals surface area contributed by atoms with Gasteiger partial charge in [0.25, 0.3) is 5.91 Å². The second kappa shape index (κ2) is 7.69. The van der Waals surface area contributed by atoms with Crippen molar-refractivity contribution in [1.82, 2.24) is 9.80 Å². The van der Waals surface area contributed by atoms with Crippen LogP contribution in [0.5, 0.6) is 0 Å². The molecule has 0 bridgehead atoms. The molecule has 144 valence electrons. The Bertz CT molecular complexity index is 945. The number of thiocarbonyl (C=S) groups is 1. The molecule has 2 saturated heterocycles. The van der Waals surface area contributed by atoms with Crippen LogP contribution in [0.2, 0.25) is 0 Å². The molecule has 10 heteroatoms. The predicted molar refractivity (Wildman–Crippen MR) is 106 cm³/mol. The minimum absolute atomic E-state index is 0.0622. The molecule has 6 nitrogen and oxygen atoms in total. The minimum Gasteiger partial charge on any atom is -0.340 e. The van der Waals surface area contributed by atoms with Crippen molar-refractivity contribution in [2.75, 3.05) is 25.1 Å². The van der Waals surface area contributed by atoms with Gasteiger partial charge in [0.05, 0.1) is 16.4 Å². The van der Waals surface area contributed by atoms with Gasteiger partial charge < -0.3 is 4.90 Å². The average molecular weight is 429 g/mol. The van der Waals surface area contributed by atoms with Gasteiger partial charge in [-0.1, -0.05) is 36.1 Å². The number of amides is 2. The number of carbonyl (C=O) groups excluding carboxylic acids is 2. The Morgan fingerprint density at radius 3 is 2.85 bits per heavy atom. The van der Waals surface area contributed by atoms with E-state index in [0.29, 0.717) is 16.9 Å². The standard InChI is InChI=1S/C17H17FN2O4S3/c1-19(13-5-6-27(23,24)10-13)15(21)9-20-16(22)14(26-17(20)25)8-11-3-2-4-12(18)7-11/h2-4,7-8,13H,5-6,9-10H2,1H3/b14-8-/t13-/m0/s1. The summed E-state index contributed by atoms with van der Waals surface area (Å²) in [4.78, 5) is 27.9. The Hall–Kier alpha value is -1.78. The third-order valence-corrected chi connectivity index (χ3v) is 7.59. The molecule has 0 spiro atoms. The van der Waals surface area contributed by atoms with Crippen LogP contribution in [0.15, 0.2) is 29.2 Å². The summed E-state index contributed by atoms with van der Waals surface area (Å²) in [6.45, 7) is -0.252. The Morgan fingerprint density at radius 1 is 1.48 bits per heavy atom. The Labute approximate surface area is 166 Å². The highest BCUT2D eigenvalue weighted by atomic mass is 32.2. The number of rotatable bonds is 4. The van der Waals surface area contributed by atoms with Crippen molar-refractivity contribution in [2.45, 2.75) is 12.5 Å². The molecule has 2 heterocycles. The van der Waals surface area contributed by atoms with Crippen LogP contribution in [-0.4, -0.2) is 65.5 Å². The van der Waals surface area contributed by atoms with Crippen molar-refractivity contribution in [3.8, 4) is 0 Å². The van der Waals surface area contributed by atoms with Gasteiger partial charge in [-0.05, 0) is 30.2 Å². The largest absolute Gasteiger partial charge is 0.340 e. The smallest absolute Gasteiger partial charge is 0.266 e. The zero-order valence-electron chi connectivity index (χ0n) is 14.4. The van der Waals surface area contributed by atoms with Crippen LogP contribution in [0.25, 0.3) is 6.08 Å². The summed E-state index contributed by atoms with van der Waals surface area (Å²) in [5, 5.41) is 0. The third kappa shape index (κ3) is 4.56. The Balaban J connectivity index is 1.69. The number of benzene rings is 1. The van der Waals surface area contributed by atoms with E-state index in [2.05, 4.69) is 0 Å². The van der Waals surface area contributed by atoms with Gasteiger partial charge in [-0.15, -0.1) is 0 Å². The summed E-state index contributed by atoms with van der Waals surface area (Å²) in [6.07, 6.45) is 1.92. The van der Waals surface area contributed by atoms with Gasteiger partial charge in [0.2, 0.25) is 5.91 Å². The van der Waals surface area contributed by atoms with Crippen LogP contribution < -0.4 is 0 Å². The summed E-state index contributed by atoms with van der Waals surface area (Å²) in [7, 11) is -1.58. The molecule has 1 aromatic carbocycles. The Morgan fingerprint density at radius 2 is 2.22 bits per heavy atom. The summed E-state index contributed by atoms with van der Waals surface area (Å²) >= 11 is 6.25. The van der Waals surface area contributed by atoms with Gasteiger partial charge in [0.1, 0.15) is 16.7 Å². The molecule has 2 aliphatic rings. The molecular weight excluding hydrogens is 411 g/mol. The second-order valence-corrected chi connectivity index (χ2v) is 10.3. The van der Waals surface area contributed by atoms with Gasteiger partial charge in [-0.2, -0.15) is 0 Å². The molecule has 2 fully saturated rings. The van der Waals surface area contributed by atoms with Gasteiger partial charge in [0, 0.05) is 13.1 Å². The molecule has 1 aromatic rings. The number of likely N-dealkylation sites (N-methyl/N-ethyl adjacent to an activating group) is 1. The number of hydrogen-bond donors (Lipinski definition) is 0. The maximum absolute atomic E-state index is 13.3. The van der Waals surface area contributed by atoms with Crippen LogP contribution in [0.3, 0.4) is 0 Å².